The first-order chi connectivity index (χ1) is 15.2. The second-order valence-corrected chi connectivity index (χ2v) is 9.99. The van der Waals surface area contributed by atoms with Crippen LogP contribution in [0, 0.1) is 13.8 Å². The van der Waals surface area contributed by atoms with Gasteiger partial charge in [-0.05, 0) is 69.4 Å². The third-order valence-corrected chi connectivity index (χ3v) is 7.30. The number of anilines is 1. The number of nitrogens with zero attached hydrogens (tertiary/aromatic N) is 3. The maximum absolute atomic E-state index is 13.0. The molecular formula is C23H27N5O3S. The van der Waals surface area contributed by atoms with Crippen molar-refractivity contribution in [1.82, 2.24) is 19.7 Å². The van der Waals surface area contributed by atoms with E-state index in [0.29, 0.717) is 48.5 Å². The molecule has 1 saturated carbocycles. The number of rotatable bonds is 5. The van der Waals surface area contributed by atoms with Gasteiger partial charge in [-0.25, -0.2) is 23.1 Å². The first kappa shape index (κ1) is 22.3. The van der Waals surface area contributed by atoms with Gasteiger partial charge in [0.15, 0.2) is 0 Å². The van der Waals surface area contributed by atoms with Gasteiger partial charge in [-0.15, -0.1) is 0 Å². The van der Waals surface area contributed by atoms with E-state index in [-0.39, 0.29) is 17.0 Å². The number of aliphatic hydroxyl groups is 1. The third kappa shape index (κ3) is 4.79. The summed E-state index contributed by atoms with van der Waals surface area (Å²) in [7, 11) is -3.71. The van der Waals surface area contributed by atoms with Crippen molar-refractivity contribution in [3.8, 4) is 22.5 Å². The Balaban J connectivity index is 1.68. The highest BCUT2D eigenvalue weighted by atomic mass is 32.2. The van der Waals surface area contributed by atoms with Crippen molar-refractivity contribution in [2.24, 2.45) is 0 Å². The smallest absolute Gasteiger partial charge is 0.240 e. The van der Waals surface area contributed by atoms with Gasteiger partial charge in [-0.2, -0.15) is 0 Å². The van der Waals surface area contributed by atoms with Gasteiger partial charge in [-0.3, -0.25) is 4.98 Å². The molecule has 9 heteroatoms. The zero-order chi connectivity index (χ0) is 22.9. The Hall–Kier alpha value is -2.88. The number of hydrogen-bond donors (Lipinski definition) is 3. The van der Waals surface area contributed by atoms with E-state index in [1.807, 2.05) is 26.0 Å². The van der Waals surface area contributed by atoms with Crippen molar-refractivity contribution in [1.29, 1.82) is 0 Å². The first-order valence-corrected chi connectivity index (χ1v) is 12.1. The minimum atomic E-state index is -3.71. The highest BCUT2D eigenvalue weighted by Crippen LogP contribution is 2.30. The Morgan fingerprint density at radius 1 is 1.06 bits per heavy atom. The van der Waals surface area contributed by atoms with Crippen molar-refractivity contribution in [3.63, 3.8) is 0 Å². The summed E-state index contributed by atoms with van der Waals surface area (Å²) in [5, 5.41) is 9.67. The molecule has 1 aliphatic carbocycles. The van der Waals surface area contributed by atoms with Crippen LogP contribution in [0.5, 0.6) is 0 Å². The van der Waals surface area contributed by atoms with E-state index >= 15 is 0 Å². The minimum Gasteiger partial charge on any atom is -0.393 e. The number of benzene rings is 1. The van der Waals surface area contributed by atoms with Crippen molar-refractivity contribution in [2.75, 3.05) is 5.73 Å². The molecule has 0 atom stereocenters. The summed E-state index contributed by atoms with van der Waals surface area (Å²) in [6, 6.07) is 8.50. The predicted molar refractivity (Wildman–Crippen MR) is 123 cm³/mol. The van der Waals surface area contributed by atoms with Gasteiger partial charge in [-0.1, -0.05) is 6.07 Å². The second-order valence-electron chi connectivity index (χ2n) is 8.28. The number of aromatic nitrogens is 3. The SMILES string of the molecule is Cc1cc(-c2nc(-c3cc(S(=O)(=O)NC4CCC(O)CC4)ccc3C)cnc2N)ccn1. The summed E-state index contributed by atoms with van der Waals surface area (Å²) >= 11 is 0. The predicted octanol–water partition coefficient (Wildman–Crippen LogP) is 2.99. The molecular weight excluding hydrogens is 426 g/mol. The van der Waals surface area contributed by atoms with Gasteiger partial charge < -0.3 is 10.8 Å². The first-order valence-electron chi connectivity index (χ1n) is 10.6. The van der Waals surface area contributed by atoms with Crippen LogP contribution in [0.3, 0.4) is 0 Å². The third-order valence-electron chi connectivity index (χ3n) is 5.78. The molecule has 0 aliphatic heterocycles. The summed E-state index contributed by atoms with van der Waals surface area (Å²) in [6.07, 6.45) is 5.35. The molecule has 3 aromatic rings. The van der Waals surface area contributed by atoms with E-state index in [2.05, 4.69) is 14.7 Å². The topological polar surface area (TPSA) is 131 Å². The lowest BCUT2D eigenvalue weighted by Gasteiger charge is -2.26. The summed E-state index contributed by atoms with van der Waals surface area (Å²) in [5.74, 6) is 0.293. The van der Waals surface area contributed by atoms with Crippen molar-refractivity contribution in [3.05, 3.63) is 54.0 Å². The van der Waals surface area contributed by atoms with Crippen molar-refractivity contribution in [2.45, 2.75) is 56.6 Å². The fourth-order valence-corrected chi connectivity index (χ4v) is 5.29. The molecule has 1 aromatic carbocycles. The van der Waals surface area contributed by atoms with E-state index in [1.165, 1.54) is 0 Å². The molecule has 1 aliphatic rings. The number of nitrogens with two attached hydrogens (primary N) is 1. The summed E-state index contributed by atoms with van der Waals surface area (Å²) in [4.78, 5) is 13.4. The van der Waals surface area contributed by atoms with Crippen LogP contribution in [0.15, 0.2) is 47.6 Å². The van der Waals surface area contributed by atoms with Gasteiger partial charge in [0.2, 0.25) is 10.0 Å². The Labute approximate surface area is 188 Å². The van der Waals surface area contributed by atoms with Crippen LogP contribution in [0.2, 0.25) is 0 Å². The monoisotopic (exact) mass is 453 g/mol. The number of nitrogens with one attached hydrogen (secondary N) is 1. The lowest BCUT2D eigenvalue weighted by atomic mass is 9.94. The van der Waals surface area contributed by atoms with Crippen molar-refractivity contribution >= 4 is 15.8 Å². The van der Waals surface area contributed by atoms with E-state index in [9.17, 15) is 13.5 Å². The van der Waals surface area contributed by atoms with Crippen LogP contribution in [-0.4, -0.2) is 40.6 Å². The van der Waals surface area contributed by atoms with Gasteiger partial charge in [0.25, 0.3) is 0 Å². The molecule has 4 N–H and O–H groups in total. The molecule has 0 unspecified atom stereocenters. The highest BCUT2D eigenvalue weighted by Gasteiger charge is 2.25. The largest absolute Gasteiger partial charge is 0.393 e. The summed E-state index contributed by atoms with van der Waals surface area (Å²) in [5.41, 5.74) is 10.3. The molecule has 0 amide bonds. The van der Waals surface area contributed by atoms with Crippen LogP contribution < -0.4 is 10.5 Å². The highest BCUT2D eigenvalue weighted by molar-refractivity contribution is 7.89. The van der Waals surface area contributed by atoms with Gasteiger partial charge in [0, 0.05) is 29.1 Å². The van der Waals surface area contributed by atoms with Gasteiger partial charge >= 0.3 is 0 Å². The zero-order valence-electron chi connectivity index (χ0n) is 18.1. The maximum Gasteiger partial charge on any atom is 0.240 e. The van der Waals surface area contributed by atoms with Crippen molar-refractivity contribution < 1.29 is 13.5 Å². The number of sulfonamides is 1. The lowest BCUT2D eigenvalue weighted by molar-refractivity contribution is 0.120. The van der Waals surface area contributed by atoms with Crippen LogP contribution in [0.1, 0.15) is 36.9 Å². The maximum atomic E-state index is 13.0. The fraction of sp³-hybridized carbons (Fsp3) is 0.348. The van der Waals surface area contributed by atoms with Gasteiger partial charge in [0.05, 0.1) is 22.9 Å². The summed E-state index contributed by atoms with van der Waals surface area (Å²) in [6.45, 7) is 3.78. The average Bonchev–Trinajstić information content (AvgIpc) is 2.76. The number of pyridine rings is 1. The molecule has 8 nitrogen and oxygen atoms in total. The number of aryl methyl sites for hydroxylation is 2. The number of hydrogen-bond acceptors (Lipinski definition) is 7. The number of nitrogen functional groups attached to an aromatic ring is 1. The Kier molecular flexibility index (Phi) is 6.23. The van der Waals surface area contributed by atoms with Crippen LogP contribution >= 0.6 is 0 Å². The van der Waals surface area contributed by atoms with E-state index < -0.39 is 10.0 Å². The molecule has 168 valence electrons. The molecule has 4 rings (SSSR count). The standard InChI is InChI=1S/C23H27N5O3S/c1-14-3-8-19(32(30,31)28-17-4-6-18(29)7-5-17)12-20(14)21-13-26-23(24)22(27-21)16-9-10-25-15(2)11-16/h3,8-13,17-18,28-29H,4-7H2,1-2H3,(H2,24,26). The van der Waals surface area contributed by atoms with Gasteiger partial charge in [0.1, 0.15) is 11.5 Å². The molecule has 0 bridgehead atoms. The Bertz CT molecular complexity index is 1240. The van der Waals surface area contributed by atoms with E-state index in [4.69, 9.17) is 10.7 Å². The second kappa shape index (κ2) is 8.93. The van der Waals surface area contributed by atoms with Crippen LogP contribution in [0.25, 0.3) is 22.5 Å². The molecule has 0 saturated heterocycles. The fourth-order valence-electron chi connectivity index (χ4n) is 3.96. The van der Waals surface area contributed by atoms with E-state index in [0.717, 1.165) is 16.8 Å². The van der Waals surface area contributed by atoms with E-state index in [1.54, 1.807) is 30.6 Å². The normalized spacial score (nSPS) is 19.1. The molecule has 32 heavy (non-hydrogen) atoms. The number of aliphatic hydroxyl groups excluding tert-OH is 1. The molecule has 1 fully saturated rings. The molecule has 0 radical (unpaired) electrons. The summed E-state index contributed by atoms with van der Waals surface area (Å²) < 4.78 is 28.8. The van der Waals surface area contributed by atoms with Crippen LogP contribution in [-0.2, 0) is 10.0 Å². The molecule has 0 spiro atoms. The minimum absolute atomic E-state index is 0.171. The quantitative estimate of drug-likeness (QED) is 0.541. The Morgan fingerprint density at radius 3 is 2.53 bits per heavy atom. The molecule has 2 heterocycles. The average molecular weight is 454 g/mol. The molecule has 2 aromatic heterocycles. The Morgan fingerprint density at radius 2 is 1.81 bits per heavy atom. The lowest BCUT2D eigenvalue weighted by Crippen LogP contribution is -2.38. The van der Waals surface area contributed by atoms with Crippen LogP contribution in [0.4, 0.5) is 5.82 Å². The zero-order valence-corrected chi connectivity index (χ0v) is 18.9.